The fourth-order valence-corrected chi connectivity index (χ4v) is 1.38. The lowest BCUT2D eigenvalue weighted by atomic mass is 10.1. The Morgan fingerprint density at radius 1 is 1.36 bits per heavy atom. The summed E-state index contributed by atoms with van der Waals surface area (Å²) in [6.07, 6.45) is 6.12. The minimum Gasteiger partial charge on any atom is -0.354 e. The van der Waals surface area contributed by atoms with E-state index >= 15 is 0 Å². The molecule has 0 aromatic carbocycles. The third-order valence-corrected chi connectivity index (χ3v) is 2.26. The molecule has 1 amide bonds. The predicted octanol–water partition coefficient (Wildman–Crippen LogP) is 1.81. The summed E-state index contributed by atoms with van der Waals surface area (Å²) in [6, 6.07) is 0.312. The topological polar surface area (TPSA) is 55.1 Å². The molecule has 0 saturated heterocycles. The van der Waals surface area contributed by atoms with E-state index in [1.807, 2.05) is 0 Å². The number of nitrogens with two attached hydrogens (primary N) is 1. The fraction of sp³-hybridized carbons (Fsp3) is 0.909. The maximum atomic E-state index is 11.3. The second-order valence-electron chi connectivity index (χ2n) is 3.86. The lowest BCUT2D eigenvalue weighted by Crippen LogP contribution is -2.32. The zero-order valence-electron chi connectivity index (χ0n) is 9.51. The molecular formula is C11H24N2O. The molecule has 0 bridgehead atoms. The van der Waals surface area contributed by atoms with Gasteiger partial charge in [-0.15, -0.1) is 0 Å². The highest BCUT2D eigenvalue weighted by Crippen LogP contribution is 2.03. The van der Waals surface area contributed by atoms with Crippen LogP contribution in [0.1, 0.15) is 52.4 Å². The monoisotopic (exact) mass is 200 g/mol. The van der Waals surface area contributed by atoms with Gasteiger partial charge in [-0.3, -0.25) is 4.79 Å². The Morgan fingerprint density at radius 2 is 2.07 bits per heavy atom. The summed E-state index contributed by atoms with van der Waals surface area (Å²) in [6.45, 7) is 4.85. The van der Waals surface area contributed by atoms with E-state index in [0.717, 1.165) is 12.8 Å². The minimum atomic E-state index is 0.138. The zero-order chi connectivity index (χ0) is 10.8. The van der Waals surface area contributed by atoms with Gasteiger partial charge in [0.2, 0.25) is 5.91 Å². The van der Waals surface area contributed by atoms with E-state index in [9.17, 15) is 4.79 Å². The number of carbonyl (C=O) groups excluding carboxylic acids is 1. The van der Waals surface area contributed by atoms with Crippen molar-refractivity contribution in [3.63, 3.8) is 0 Å². The number of nitrogens with one attached hydrogen (secondary N) is 1. The maximum absolute atomic E-state index is 11.3. The summed E-state index contributed by atoms with van der Waals surface area (Å²) in [4.78, 5) is 11.3. The van der Waals surface area contributed by atoms with Crippen molar-refractivity contribution in [1.82, 2.24) is 5.32 Å². The van der Waals surface area contributed by atoms with Gasteiger partial charge in [0, 0.05) is 12.5 Å². The van der Waals surface area contributed by atoms with Crippen LogP contribution < -0.4 is 11.1 Å². The second-order valence-corrected chi connectivity index (χ2v) is 3.86. The number of rotatable bonds is 8. The molecule has 0 aliphatic carbocycles. The second kappa shape index (κ2) is 9.00. The molecule has 0 aliphatic rings. The van der Waals surface area contributed by atoms with E-state index in [1.165, 1.54) is 19.3 Å². The standard InChI is InChI=1S/C11H24N2O/c1-3-4-5-7-10(2)13-11(14)8-6-9-12/h10H,3-9,12H2,1-2H3,(H,13,14). The summed E-state index contributed by atoms with van der Waals surface area (Å²) in [5.41, 5.74) is 5.33. The summed E-state index contributed by atoms with van der Waals surface area (Å²) < 4.78 is 0. The molecule has 0 aromatic rings. The van der Waals surface area contributed by atoms with Gasteiger partial charge < -0.3 is 11.1 Å². The zero-order valence-corrected chi connectivity index (χ0v) is 9.51. The van der Waals surface area contributed by atoms with E-state index in [0.29, 0.717) is 19.0 Å². The molecule has 0 aromatic heterocycles. The van der Waals surface area contributed by atoms with E-state index in [1.54, 1.807) is 0 Å². The van der Waals surface area contributed by atoms with Gasteiger partial charge in [0.1, 0.15) is 0 Å². The van der Waals surface area contributed by atoms with Gasteiger partial charge in [0.05, 0.1) is 0 Å². The first-order valence-electron chi connectivity index (χ1n) is 5.70. The van der Waals surface area contributed by atoms with Crippen LogP contribution >= 0.6 is 0 Å². The van der Waals surface area contributed by atoms with Crippen molar-refractivity contribution in [1.29, 1.82) is 0 Å². The van der Waals surface area contributed by atoms with Crippen LogP contribution in [0, 0.1) is 0 Å². The smallest absolute Gasteiger partial charge is 0.220 e. The first-order chi connectivity index (χ1) is 6.70. The molecule has 0 aliphatic heterocycles. The third-order valence-electron chi connectivity index (χ3n) is 2.26. The molecule has 0 rings (SSSR count). The highest BCUT2D eigenvalue weighted by molar-refractivity contribution is 5.76. The first kappa shape index (κ1) is 13.4. The Kier molecular flexibility index (Phi) is 8.64. The Bertz CT molecular complexity index is 148. The number of hydrogen-bond acceptors (Lipinski definition) is 2. The van der Waals surface area contributed by atoms with Crippen molar-refractivity contribution in [3.8, 4) is 0 Å². The van der Waals surface area contributed by atoms with Crippen molar-refractivity contribution < 1.29 is 4.79 Å². The molecule has 3 nitrogen and oxygen atoms in total. The van der Waals surface area contributed by atoms with Crippen LogP contribution in [0.2, 0.25) is 0 Å². The van der Waals surface area contributed by atoms with Crippen LogP contribution in [0.15, 0.2) is 0 Å². The van der Waals surface area contributed by atoms with Crippen LogP contribution in [0.3, 0.4) is 0 Å². The number of unbranched alkanes of at least 4 members (excludes halogenated alkanes) is 2. The molecule has 0 radical (unpaired) electrons. The van der Waals surface area contributed by atoms with Crippen LogP contribution in [-0.2, 0) is 4.79 Å². The Morgan fingerprint density at radius 3 is 2.64 bits per heavy atom. The first-order valence-corrected chi connectivity index (χ1v) is 5.70. The lowest BCUT2D eigenvalue weighted by Gasteiger charge is -2.13. The molecule has 1 unspecified atom stereocenters. The summed E-state index contributed by atoms with van der Waals surface area (Å²) in [5, 5.41) is 2.98. The van der Waals surface area contributed by atoms with Gasteiger partial charge in [-0.2, -0.15) is 0 Å². The van der Waals surface area contributed by atoms with Gasteiger partial charge in [0.25, 0.3) is 0 Å². The van der Waals surface area contributed by atoms with Gasteiger partial charge in [-0.1, -0.05) is 26.2 Å². The Labute approximate surface area is 87.4 Å². The van der Waals surface area contributed by atoms with Crippen molar-refractivity contribution in [2.24, 2.45) is 5.73 Å². The van der Waals surface area contributed by atoms with Gasteiger partial charge in [-0.05, 0) is 26.3 Å². The van der Waals surface area contributed by atoms with Gasteiger partial charge in [-0.25, -0.2) is 0 Å². The maximum Gasteiger partial charge on any atom is 0.220 e. The lowest BCUT2D eigenvalue weighted by molar-refractivity contribution is -0.121. The molecule has 0 heterocycles. The average Bonchev–Trinajstić information content (AvgIpc) is 2.15. The average molecular weight is 200 g/mol. The van der Waals surface area contributed by atoms with E-state index in [-0.39, 0.29) is 5.91 Å². The molecule has 3 heteroatoms. The van der Waals surface area contributed by atoms with Crippen LogP contribution in [0.5, 0.6) is 0 Å². The molecule has 0 saturated carbocycles. The van der Waals surface area contributed by atoms with Crippen LogP contribution in [0.25, 0.3) is 0 Å². The van der Waals surface area contributed by atoms with Crippen molar-refractivity contribution in [2.75, 3.05) is 6.54 Å². The van der Waals surface area contributed by atoms with E-state index in [4.69, 9.17) is 5.73 Å². The van der Waals surface area contributed by atoms with Gasteiger partial charge in [0.15, 0.2) is 0 Å². The molecule has 1 atom stereocenters. The van der Waals surface area contributed by atoms with Crippen molar-refractivity contribution in [2.45, 2.75) is 58.4 Å². The van der Waals surface area contributed by atoms with Crippen molar-refractivity contribution in [3.05, 3.63) is 0 Å². The van der Waals surface area contributed by atoms with E-state index in [2.05, 4.69) is 19.2 Å². The molecule has 0 fully saturated rings. The quantitative estimate of drug-likeness (QED) is 0.587. The normalized spacial score (nSPS) is 12.5. The van der Waals surface area contributed by atoms with Crippen LogP contribution in [0.4, 0.5) is 0 Å². The molecule has 84 valence electrons. The van der Waals surface area contributed by atoms with E-state index < -0.39 is 0 Å². The summed E-state index contributed by atoms with van der Waals surface area (Å²) in [5.74, 6) is 0.138. The Balaban J connectivity index is 3.40. The molecule has 3 N–H and O–H groups in total. The van der Waals surface area contributed by atoms with Crippen LogP contribution in [-0.4, -0.2) is 18.5 Å². The third kappa shape index (κ3) is 8.05. The molecule has 0 spiro atoms. The highest BCUT2D eigenvalue weighted by atomic mass is 16.1. The van der Waals surface area contributed by atoms with Crippen molar-refractivity contribution >= 4 is 5.91 Å². The predicted molar refractivity (Wildman–Crippen MR) is 60.0 cm³/mol. The SMILES string of the molecule is CCCCCC(C)NC(=O)CCCN. The highest BCUT2D eigenvalue weighted by Gasteiger charge is 2.05. The summed E-state index contributed by atoms with van der Waals surface area (Å²) >= 11 is 0. The number of hydrogen-bond donors (Lipinski definition) is 2. The van der Waals surface area contributed by atoms with Gasteiger partial charge >= 0.3 is 0 Å². The Hall–Kier alpha value is -0.570. The largest absolute Gasteiger partial charge is 0.354 e. The molecule has 14 heavy (non-hydrogen) atoms. The fourth-order valence-electron chi connectivity index (χ4n) is 1.38. The number of carbonyl (C=O) groups is 1. The minimum absolute atomic E-state index is 0.138. The summed E-state index contributed by atoms with van der Waals surface area (Å²) in [7, 11) is 0. The molecular weight excluding hydrogens is 176 g/mol. The number of amides is 1.